The minimum atomic E-state index is 0. The number of aliphatic imine (C=N–C) groups is 1. The lowest BCUT2D eigenvalue weighted by Crippen LogP contribution is -2.42. The summed E-state index contributed by atoms with van der Waals surface area (Å²) in [4.78, 5) is 7.42. The summed E-state index contributed by atoms with van der Waals surface area (Å²) in [5, 5.41) is 3.48. The Morgan fingerprint density at radius 3 is 2.75 bits per heavy atom. The predicted molar refractivity (Wildman–Crippen MR) is 114 cm³/mol. The molecule has 0 saturated carbocycles. The van der Waals surface area contributed by atoms with E-state index in [1.165, 1.54) is 6.42 Å². The Bertz CT molecular complexity index is 373. The standard InChI is InChI=1S/C17H33N3O2S.HI/c1-4-18-16(20-9-6-15(12-20)13-21-3)19-14-17(23-5-2)7-10-22-11-8-17;/h15H,4-14H2,1-3H3,(H,18,19);1H. The van der Waals surface area contributed by atoms with Crippen molar-refractivity contribution in [1.29, 1.82) is 0 Å². The van der Waals surface area contributed by atoms with Crippen LogP contribution >= 0.6 is 35.7 Å². The summed E-state index contributed by atoms with van der Waals surface area (Å²) in [7, 11) is 1.79. The van der Waals surface area contributed by atoms with Crippen molar-refractivity contribution in [3.05, 3.63) is 0 Å². The number of guanidine groups is 1. The fraction of sp³-hybridized carbons (Fsp3) is 0.941. The molecule has 0 aromatic carbocycles. The summed E-state index contributed by atoms with van der Waals surface area (Å²) < 4.78 is 11.1. The number of rotatable bonds is 7. The number of nitrogens with zero attached hydrogens (tertiary/aromatic N) is 2. The Balaban J connectivity index is 0.00000288. The van der Waals surface area contributed by atoms with Crippen LogP contribution in [0.1, 0.15) is 33.1 Å². The van der Waals surface area contributed by atoms with Crippen molar-refractivity contribution in [2.75, 3.05) is 58.9 Å². The average molecular weight is 471 g/mol. The van der Waals surface area contributed by atoms with Gasteiger partial charge in [0.15, 0.2) is 5.96 Å². The SMILES string of the molecule is CCNC(=NCC1(SCC)CCOCC1)N1CCC(COC)C1.I. The number of nitrogens with one attached hydrogen (secondary N) is 1. The first-order valence-corrected chi connectivity index (χ1v) is 9.95. The van der Waals surface area contributed by atoms with Crippen LogP contribution in [0.5, 0.6) is 0 Å². The number of likely N-dealkylation sites (tertiary alicyclic amines) is 1. The molecule has 1 unspecified atom stereocenters. The molecular weight excluding hydrogens is 437 g/mol. The van der Waals surface area contributed by atoms with E-state index in [9.17, 15) is 0 Å². The van der Waals surface area contributed by atoms with E-state index in [4.69, 9.17) is 14.5 Å². The van der Waals surface area contributed by atoms with E-state index in [-0.39, 0.29) is 28.7 Å². The lowest BCUT2D eigenvalue weighted by molar-refractivity contribution is 0.0793. The minimum absolute atomic E-state index is 0. The van der Waals surface area contributed by atoms with Gasteiger partial charge < -0.3 is 19.7 Å². The molecule has 142 valence electrons. The molecule has 2 aliphatic rings. The first-order chi connectivity index (χ1) is 11.2. The number of hydrogen-bond acceptors (Lipinski definition) is 4. The van der Waals surface area contributed by atoms with Gasteiger partial charge in [-0.2, -0.15) is 11.8 Å². The van der Waals surface area contributed by atoms with Gasteiger partial charge in [0, 0.05) is 50.6 Å². The number of hydrogen-bond donors (Lipinski definition) is 1. The second-order valence-electron chi connectivity index (χ2n) is 6.45. The fourth-order valence-corrected chi connectivity index (χ4v) is 4.66. The van der Waals surface area contributed by atoms with Gasteiger partial charge in [-0.05, 0) is 31.9 Å². The number of thioether (sulfide) groups is 1. The average Bonchev–Trinajstić information content (AvgIpc) is 3.01. The van der Waals surface area contributed by atoms with Gasteiger partial charge in [-0.15, -0.1) is 24.0 Å². The second kappa shape index (κ2) is 11.8. The van der Waals surface area contributed by atoms with Gasteiger partial charge in [-0.1, -0.05) is 6.92 Å². The summed E-state index contributed by atoms with van der Waals surface area (Å²) in [5.41, 5.74) is 0. The van der Waals surface area contributed by atoms with Gasteiger partial charge in [0.25, 0.3) is 0 Å². The van der Waals surface area contributed by atoms with Crippen molar-refractivity contribution in [2.45, 2.75) is 37.9 Å². The zero-order chi connectivity index (χ0) is 16.5. The highest BCUT2D eigenvalue weighted by atomic mass is 127. The van der Waals surface area contributed by atoms with E-state index in [2.05, 4.69) is 35.8 Å². The van der Waals surface area contributed by atoms with Crippen LogP contribution in [0.2, 0.25) is 0 Å². The molecule has 2 saturated heterocycles. The van der Waals surface area contributed by atoms with Gasteiger partial charge in [-0.25, -0.2) is 0 Å². The summed E-state index contributed by atoms with van der Waals surface area (Å²) in [6, 6.07) is 0. The van der Waals surface area contributed by atoms with Gasteiger partial charge >= 0.3 is 0 Å². The Hall–Kier alpha value is 0.270. The van der Waals surface area contributed by atoms with Crippen LogP contribution in [0.3, 0.4) is 0 Å². The molecule has 0 amide bonds. The Kier molecular flexibility index (Phi) is 11.0. The Morgan fingerprint density at radius 1 is 1.38 bits per heavy atom. The molecule has 2 rings (SSSR count). The van der Waals surface area contributed by atoms with E-state index < -0.39 is 0 Å². The molecular formula is C17H34IN3O2S. The Morgan fingerprint density at radius 2 is 2.12 bits per heavy atom. The van der Waals surface area contributed by atoms with Crippen molar-refractivity contribution in [2.24, 2.45) is 10.9 Å². The number of halogens is 1. The molecule has 0 aromatic rings. The van der Waals surface area contributed by atoms with Crippen LogP contribution in [-0.4, -0.2) is 74.5 Å². The van der Waals surface area contributed by atoms with Crippen LogP contribution in [-0.2, 0) is 9.47 Å². The zero-order valence-corrected chi connectivity index (χ0v) is 18.5. The predicted octanol–water partition coefficient (Wildman–Crippen LogP) is 2.84. The summed E-state index contributed by atoms with van der Waals surface area (Å²) >= 11 is 2.06. The maximum absolute atomic E-state index is 5.56. The number of ether oxygens (including phenoxy) is 2. The highest BCUT2D eigenvalue weighted by Gasteiger charge is 2.33. The molecule has 7 heteroatoms. The molecule has 1 atom stereocenters. The molecule has 0 aliphatic carbocycles. The topological polar surface area (TPSA) is 46.1 Å². The molecule has 0 bridgehead atoms. The third-order valence-corrected chi connectivity index (χ3v) is 6.13. The molecule has 1 N–H and O–H groups in total. The van der Waals surface area contributed by atoms with E-state index >= 15 is 0 Å². The van der Waals surface area contributed by atoms with Gasteiger partial charge in [0.2, 0.25) is 0 Å². The Labute approximate surface area is 168 Å². The van der Waals surface area contributed by atoms with E-state index in [1.54, 1.807) is 7.11 Å². The van der Waals surface area contributed by atoms with Gasteiger partial charge in [0.1, 0.15) is 0 Å². The maximum atomic E-state index is 5.56. The van der Waals surface area contributed by atoms with Crippen LogP contribution in [0.4, 0.5) is 0 Å². The molecule has 5 nitrogen and oxygen atoms in total. The van der Waals surface area contributed by atoms with Crippen molar-refractivity contribution in [1.82, 2.24) is 10.2 Å². The summed E-state index contributed by atoms with van der Waals surface area (Å²) in [5.74, 6) is 2.85. The highest BCUT2D eigenvalue weighted by molar-refractivity contribution is 14.0. The van der Waals surface area contributed by atoms with Gasteiger partial charge in [-0.3, -0.25) is 4.99 Å². The monoisotopic (exact) mass is 471 g/mol. The maximum Gasteiger partial charge on any atom is 0.193 e. The molecule has 0 spiro atoms. The van der Waals surface area contributed by atoms with Crippen molar-refractivity contribution in [3.8, 4) is 0 Å². The van der Waals surface area contributed by atoms with Crippen molar-refractivity contribution < 1.29 is 9.47 Å². The summed E-state index contributed by atoms with van der Waals surface area (Å²) in [6.07, 6.45) is 3.42. The largest absolute Gasteiger partial charge is 0.384 e. The number of methoxy groups -OCH3 is 1. The fourth-order valence-electron chi connectivity index (χ4n) is 3.44. The van der Waals surface area contributed by atoms with E-state index in [1.807, 2.05) is 0 Å². The van der Waals surface area contributed by atoms with E-state index in [0.717, 1.165) is 70.6 Å². The lowest BCUT2D eigenvalue weighted by atomic mass is 9.99. The summed E-state index contributed by atoms with van der Waals surface area (Å²) in [6.45, 7) is 10.9. The third kappa shape index (κ3) is 6.53. The zero-order valence-electron chi connectivity index (χ0n) is 15.4. The molecule has 2 aliphatic heterocycles. The van der Waals surface area contributed by atoms with Crippen LogP contribution in [0, 0.1) is 5.92 Å². The van der Waals surface area contributed by atoms with Crippen molar-refractivity contribution >= 4 is 41.7 Å². The smallest absolute Gasteiger partial charge is 0.193 e. The van der Waals surface area contributed by atoms with E-state index in [0.29, 0.717) is 5.92 Å². The van der Waals surface area contributed by atoms with Crippen LogP contribution in [0.25, 0.3) is 0 Å². The quantitative estimate of drug-likeness (QED) is 0.352. The normalized spacial score (nSPS) is 23.9. The third-order valence-electron chi connectivity index (χ3n) is 4.69. The van der Waals surface area contributed by atoms with Crippen molar-refractivity contribution in [3.63, 3.8) is 0 Å². The molecule has 0 aromatic heterocycles. The molecule has 2 fully saturated rings. The van der Waals surface area contributed by atoms with Crippen LogP contribution < -0.4 is 5.32 Å². The molecule has 2 heterocycles. The second-order valence-corrected chi connectivity index (χ2v) is 8.19. The molecule has 24 heavy (non-hydrogen) atoms. The van der Waals surface area contributed by atoms with Gasteiger partial charge in [0.05, 0.1) is 13.2 Å². The highest BCUT2D eigenvalue weighted by Crippen LogP contribution is 2.35. The first-order valence-electron chi connectivity index (χ1n) is 8.97. The van der Waals surface area contributed by atoms with Crippen LogP contribution in [0.15, 0.2) is 4.99 Å². The molecule has 0 radical (unpaired) electrons. The lowest BCUT2D eigenvalue weighted by Gasteiger charge is -2.35. The first kappa shape index (κ1) is 22.3. The minimum Gasteiger partial charge on any atom is -0.384 e.